The zero-order valence-corrected chi connectivity index (χ0v) is 23.2. The molecular formula is C27H32ClF3N8O3. The highest BCUT2D eigenvalue weighted by molar-refractivity contribution is 6.31. The lowest BCUT2D eigenvalue weighted by Gasteiger charge is -2.10. The molecule has 15 heteroatoms. The Hall–Kier alpha value is -4.43. The van der Waals surface area contributed by atoms with Crippen molar-refractivity contribution in [1.29, 1.82) is 5.41 Å². The second-order valence-electron chi connectivity index (χ2n) is 8.94. The van der Waals surface area contributed by atoms with Gasteiger partial charge in [0.1, 0.15) is 0 Å². The van der Waals surface area contributed by atoms with Gasteiger partial charge in [0.25, 0.3) is 5.91 Å². The first kappa shape index (κ1) is 33.8. The summed E-state index contributed by atoms with van der Waals surface area (Å²) >= 11 is 5.79. The second kappa shape index (κ2) is 16.1. The summed E-state index contributed by atoms with van der Waals surface area (Å²) in [6.45, 7) is 1.25. The smallest absolute Gasteiger partial charge is 0.475 e. The number of alkyl halides is 3. The number of carboxylic acids is 1. The number of carbonyl (C=O) groups excluding carboxylic acids is 1. The number of aryl methyl sites for hydroxylation is 2. The van der Waals surface area contributed by atoms with Crippen LogP contribution in [0.4, 0.5) is 24.8 Å². The van der Waals surface area contributed by atoms with E-state index in [-0.39, 0.29) is 28.4 Å². The highest BCUT2D eigenvalue weighted by Gasteiger charge is 2.38. The van der Waals surface area contributed by atoms with E-state index < -0.39 is 18.1 Å². The Morgan fingerprint density at radius 3 is 1.86 bits per heavy atom. The maximum Gasteiger partial charge on any atom is 0.490 e. The van der Waals surface area contributed by atoms with E-state index in [2.05, 4.69) is 69.1 Å². The van der Waals surface area contributed by atoms with Crippen LogP contribution in [0.15, 0.2) is 48.5 Å². The van der Waals surface area contributed by atoms with Crippen molar-refractivity contribution in [3.8, 4) is 11.1 Å². The largest absolute Gasteiger partial charge is 0.490 e. The van der Waals surface area contributed by atoms with Crippen LogP contribution in [0, 0.1) is 5.41 Å². The number of nitrogen functional groups attached to an aromatic ring is 2. The zero-order chi connectivity index (χ0) is 31.3. The normalized spacial score (nSPS) is 10.8. The van der Waals surface area contributed by atoms with E-state index in [0.717, 1.165) is 32.1 Å². The van der Waals surface area contributed by atoms with Crippen molar-refractivity contribution < 1.29 is 27.9 Å². The molecule has 3 rings (SSSR count). The molecule has 10 N–H and O–H groups in total. The molecule has 226 valence electrons. The average molecular weight is 609 g/mol. The Bertz CT molecular complexity index is 1350. The van der Waals surface area contributed by atoms with Crippen LogP contribution in [-0.2, 0) is 17.6 Å². The van der Waals surface area contributed by atoms with Gasteiger partial charge in [-0.3, -0.25) is 15.5 Å². The number of benzene rings is 2. The Kier molecular flexibility index (Phi) is 13.0. The first-order valence-electron chi connectivity index (χ1n) is 12.7. The molecule has 0 bridgehead atoms. The third kappa shape index (κ3) is 11.2. The fourth-order valence-corrected chi connectivity index (χ4v) is 3.65. The Morgan fingerprint density at radius 1 is 0.881 bits per heavy atom. The summed E-state index contributed by atoms with van der Waals surface area (Å²) in [4.78, 5) is 28.7. The van der Waals surface area contributed by atoms with Gasteiger partial charge in [0.15, 0.2) is 28.4 Å². The predicted molar refractivity (Wildman–Crippen MR) is 155 cm³/mol. The van der Waals surface area contributed by atoms with Crippen LogP contribution in [0.1, 0.15) is 40.9 Å². The second-order valence-corrected chi connectivity index (χ2v) is 9.29. The van der Waals surface area contributed by atoms with Crippen LogP contribution >= 0.6 is 11.6 Å². The number of unbranched alkanes of at least 4 members (excludes halogenated alkanes) is 1. The maximum atomic E-state index is 12.2. The molecule has 1 aromatic heterocycles. The van der Waals surface area contributed by atoms with Crippen molar-refractivity contribution in [3.05, 3.63) is 70.5 Å². The van der Waals surface area contributed by atoms with Gasteiger partial charge in [-0.05, 0) is 60.9 Å². The van der Waals surface area contributed by atoms with Crippen molar-refractivity contribution in [3.63, 3.8) is 0 Å². The number of nitrogens with zero attached hydrogens (tertiary/aromatic N) is 2. The van der Waals surface area contributed by atoms with E-state index in [1.165, 1.54) is 22.3 Å². The van der Waals surface area contributed by atoms with E-state index in [9.17, 15) is 18.0 Å². The van der Waals surface area contributed by atoms with Gasteiger partial charge in [-0.1, -0.05) is 60.1 Å². The molecule has 2 aromatic carbocycles. The van der Waals surface area contributed by atoms with Crippen molar-refractivity contribution in [1.82, 2.24) is 20.6 Å². The van der Waals surface area contributed by atoms with Crippen LogP contribution in [0.5, 0.6) is 0 Å². The molecule has 0 saturated carbocycles. The summed E-state index contributed by atoms with van der Waals surface area (Å²) in [7, 11) is 0. The molecule has 11 nitrogen and oxygen atoms in total. The van der Waals surface area contributed by atoms with Crippen molar-refractivity contribution in [2.75, 3.05) is 24.6 Å². The number of carbonyl (C=O) groups is 2. The standard InChI is InChI=1S/C25H31ClN8O.C2HF3O2/c26-21-23(29)33-22(28)20(32-21)24(35)34-25(30)31-15-2-1-4-16-6-10-18(11-7-16)19-12-8-17(9-13-19)5-3-14-27;3-2(4,5)1(6)7/h6-13H,1-5,14-15,27H2,(H4,28,29,33)(H3,30,31,34,35);(H,6,7). The number of nitrogens with two attached hydrogens (primary N) is 3. The minimum absolute atomic E-state index is 0.0590. The van der Waals surface area contributed by atoms with Gasteiger partial charge >= 0.3 is 12.1 Å². The molecule has 1 heterocycles. The van der Waals surface area contributed by atoms with Gasteiger partial charge in [-0.15, -0.1) is 0 Å². The average Bonchev–Trinajstić information content (AvgIpc) is 2.94. The van der Waals surface area contributed by atoms with E-state index in [1.807, 2.05) is 0 Å². The number of carboxylic acid groups (broad SMARTS) is 1. The highest BCUT2D eigenvalue weighted by atomic mass is 35.5. The Labute approximate surface area is 245 Å². The van der Waals surface area contributed by atoms with E-state index >= 15 is 0 Å². The molecule has 0 radical (unpaired) electrons. The molecule has 0 atom stereocenters. The molecule has 0 spiro atoms. The summed E-state index contributed by atoms with van der Waals surface area (Å²) in [5.41, 5.74) is 21.5. The predicted octanol–water partition coefficient (Wildman–Crippen LogP) is 3.76. The number of halogens is 4. The van der Waals surface area contributed by atoms with Gasteiger partial charge in [0.05, 0.1) is 0 Å². The molecule has 1 amide bonds. The quantitative estimate of drug-likeness (QED) is 0.101. The molecule has 0 unspecified atom stereocenters. The molecule has 0 aliphatic heterocycles. The number of aromatic nitrogens is 2. The number of amides is 1. The summed E-state index contributed by atoms with van der Waals surface area (Å²) in [5.74, 6) is -3.80. The number of rotatable bonds is 10. The van der Waals surface area contributed by atoms with Crippen molar-refractivity contribution in [2.45, 2.75) is 38.3 Å². The van der Waals surface area contributed by atoms with Crippen molar-refractivity contribution in [2.24, 2.45) is 5.73 Å². The fraction of sp³-hybridized carbons (Fsp3) is 0.296. The van der Waals surface area contributed by atoms with Gasteiger partial charge in [-0.25, -0.2) is 14.8 Å². The number of hydrogen-bond acceptors (Lipinski definition) is 8. The molecule has 42 heavy (non-hydrogen) atoms. The third-order valence-corrected chi connectivity index (χ3v) is 5.98. The maximum absolute atomic E-state index is 12.2. The lowest BCUT2D eigenvalue weighted by Crippen LogP contribution is -2.41. The third-order valence-electron chi connectivity index (χ3n) is 5.71. The SMILES string of the molecule is N=C(NCCCCc1ccc(-c2ccc(CCCN)cc2)cc1)NC(=O)c1nc(Cl)c(N)nc1N.O=C(O)C(F)(F)F. The van der Waals surface area contributed by atoms with Crippen LogP contribution < -0.4 is 27.8 Å². The summed E-state index contributed by atoms with van der Waals surface area (Å²) < 4.78 is 31.7. The van der Waals surface area contributed by atoms with Gasteiger partial charge in [0.2, 0.25) is 0 Å². The summed E-state index contributed by atoms with van der Waals surface area (Å²) in [6.07, 6.45) is -0.370. The van der Waals surface area contributed by atoms with Gasteiger partial charge in [0, 0.05) is 6.54 Å². The fourth-order valence-electron chi connectivity index (χ4n) is 3.53. The van der Waals surface area contributed by atoms with Crippen LogP contribution in [0.3, 0.4) is 0 Å². The summed E-state index contributed by atoms with van der Waals surface area (Å²) in [5, 5.41) is 20.1. The molecule has 3 aromatic rings. The highest BCUT2D eigenvalue weighted by Crippen LogP contribution is 2.21. The topological polar surface area (TPSA) is 206 Å². The number of guanidine groups is 1. The lowest BCUT2D eigenvalue weighted by molar-refractivity contribution is -0.192. The lowest BCUT2D eigenvalue weighted by atomic mass is 10.00. The zero-order valence-electron chi connectivity index (χ0n) is 22.5. The molecular weight excluding hydrogens is 577 g/mol. The molecule has 0 aliphatic carbocycles. The summed E-state index contributed by atoms with van der Waals surface area (Å²) in [6, 6.07) is 17.2. The Balaban J connectivity index is 0.000000782. The van der Waals surface area contributed by atoms with E-state index in [1.54, 1.807) is 0 Å². The minimum atomic E-state index is -5.08. The number of aliphatic carboxylic acids is 1. The monoisotopic (exact) mass is 608 g/mol. The number of nitrogens with one attached hydrogen (secondary N) is 3. The first-order chi connectivity index (χ1) is 19.8. The van der Waals surface area contributed by atoms with Crippen LogP contribution in [0.25, 0.3) is 11.1 Å². The van der Waals surface area contributed by atoms with Gasteiger partial charge < -0.3 is 27.6 Å². The van der Waals surface area contributed by atoms with Crippen molar-refractivity contribution >= 4 is 41.1 Å². The van der Waals surface area contributed by atoms with Crippen LogP contribution in [0.2, 0.25) is 5.15 Å². The minimum Gasteiger partial charge on any atom is -0.475 e. The number of anilines is 2. The molecule has 0 saturated heterocycles. The van der Waals surface area contributed by atoms with E-state index in [4.69, 9.17) is 44.1 Å². The van der Waals surface area contributed by atoms with Crippen LogP contribution in [-0.4, -0.2) is 52.2 Å². The first-order valence-corrected chi connectivity index (χ1v) is 13.1. The van der Waals surface area contributed by atoms with E-state index in [0.29, 0.717) is 13.1 Å². The molecule has 0 fully saturated rings. The van der Waals surface area contributed by atoms with Gasteiger partial charge in [-0.2, -0.15) is 13.2 Å². The Morgan fingerprint density at radius 2 is 1.38 bits per heavy atom. The number of hydrogen-bond donors (Lipinski definition) is 7. The molecule has 0 aliphatic rings.